The van der Waals surface area contributed by atoms with E-state index < -0.39 is 0 Å². The molecule has 2 unspecified atom stereocenters. The van der Waals surface area contributed by atoms with Crippen molar-refractivity contribution in [3.05, 3.63) is 5.21 Å². The molecule has 2 atom stereocenters. The van der Waals surface area contributed by atoms with E-state index in [0.717, 1.165) is 0 Å². The Balaban J connectivity index is 1.47. The molecule has 0 aromatic heterocycles. The number of ether oxygens (including phenoxy) is 2. The van der Waals surface area contributed by atoms with Gasteiger partial charge in [-0.1, -0.05) is 0 Å². The summed E-state index contributed by atoms with van der Waals surface area (Å²) in [6, 6.07) is 0. The van der Waals surface area contributed by atoms with Gasteiger partial charge in [-0.3, -0.25) is 9.68 Å². The van der Waals surface area contributed by atoms with Crippen molar-refractivity contribution < 1.29 is 19.1 Å². The fourth-order valence-electron chi connectivity index (χ4n) is 0.654. The molecule has 2 aliphatic heterocycles. The van der Waals surface area contributed by atoms with Crippen LogP contribution in [0.3, 0.4) is 0 Å². The van der Waals surface area contributed by atoms with Gasteiger partial charge in [0.2, 0.25) is 0 Å². The molecule has 2 aliphatic rings. The third kappa shape index (κ3) is 3.02. The second-order valence-electron chi connectivity index (χ2n) is 2.73. The highest BCUT2D eigenvalue weighted by atomic mass is 17.1. The lowest BCUT2D eigenvalue weighted by atomic mass is 10.5. The number of hydrogen-bond acceptors (Lipinski definition) is 6. The Hall–Kier alpha value is -0.240. The predicted molar refractivity (Wildman–Crippen MR) is 36.6 cm³/mol. The van der Waals surface area contributed by atoms with Gasteiger partial charge in [0.25, 0.3) is 0 Å². The van der Waals surface area contributed by atoms with E-state index >= 15 is 0 Å². The van der Waals surface area contributed by atoms with Gasteiger partial charge in [0.05, 0.1) is 26.4 Å². The smallest absolute Gasteiger partial charge is 0.106 e. The van der Waals surface area contributed by atoms with Crippen LogP contribution in [0.2, 0.25) is 0 Å². The highest BCUT2D eigenvalue weighted by Crippen LogP contribution is 2.11. The van der Waals surface area contributed by atoms with Crippen LogP contribution in [0.4, 0.5) is 0 Å². The molecule has 0 aliphatic carbocycles. The average molecular weight is 176 g/mol. The fraction of sp³-hybridized carbons (Fsp3) is 1.00. The Bertz CT molecular complexity index is 131. The van der Waals surface area contributed by atoms with Crippen molar-refractivity contribution in [3.63, 3.8) is 0 Å². The van der Waals surface area contributed by atoms with Crippen molar-refractivity contribution in [2.75, 3.05) is 26.4 Å². The van der Waals surface area contributed by atoms with Crippen LogP contribution in [0.1, 0.15) is 0 Å². The lowest BCUT2D eigenvalue weighted by molar-refractivity contribution is -0.338. The van der Waals surface area contributed by atoms with Gasteiger partial charge in [-0.2, -0.15) is 0 Å². The maximum absolute atomic E-state index is 10.7. The summed E-state index contributed by atoms with van der Waals surface area (Å²) in [5.74, 6) is 0. The first-order valence-corrected chi connectivity index (χ1v) is 3.81. The first-order valence-electron chi connectivity index (χ1n) is 3.81. The van der Waals surface area contributed by atoms with Crippen molar-refractivity contribution in [1.82, 2.24) is 5.39 Å². The Morgan fingerprint density at radius 3 is 1.92 bits per heavy atom. The van der Waals surface area contributed by atoms with Crippen LogP contribution in [0.5, 0.6) is 0 Å². The average Bonchev–Trinajstić information content (AvgIpc) is 2.89. The molecule has 0 saturated carbocycles. The van der Waals surface area contributed by atoms with Crippen LogP contribution in [-0.2, 0) is 19.1 Å². The summed E-state index contributed by atoms with van der Waals surface area (Å²) >= 11 is 0. The Morgan fingerprint density at radius 2 is 1.58 bits per heavy atom. The minimum absolute atomic E-state index is 0.0715. The molecule has 6 nitrogen and oxygen atoms in total. The lowest BCUT2D eigenvalue weighted by Crippen LogP contribution is -2.22. The van der Waals surface area contributed by atoms with E-state index in [1.165, 1.54) is 0 Å². The molecule has 0 amide bonds. The molecular formula is C6H10NO5-. The van der Waals surface area contributed by atoms with Crippen LogP contribution in [0.25, 0.3) is 0 Å². The largest absolute Gasteiger partial charge is 0.738 e. The normalized spacial score (nSPS) is 32.5. The standard InChI is InChI=1S/C6H10NO5/c8-7(11-3-5-1-9-5)12-4-6-2-10-6/h5-6H,1-4H2/q-1. The molecule has 2 saturated heterocycles. The fourth-order valence-corrected chi connectivity index (χ4v) is 0.654. The second kappa shape index (κ2) is 3.65. The maximum atomic E-state index is 10.7. The summed E-state index contributed by atoms with van der Waals surface area (Å²) < 4.78 is 9.65. The van der Waals surface area contributed by atoms with E-state index in [4.69, 9.17) is 9.47 Å². The highest BCUT2D eigenvalue weighted by Gasteiger charge is 2.24. The minimum atomic E-state index is 0.0715. The van der Waals surface area contributed by atoms with Crippen molar-refractivity contribution in [2.45, 2.75) is 12.2 Å². The SMILES string of the molecule is [O-]N(OCC1CO1)OCC1CO1. The Labute approximate surface area is 69.4 Å². The van der Waals surface area contributed by atoms with Gasteiger partial charge in [-0.25, -0.2) is 0 Å². The van der Waals surface area contributed by atoms with Crippen molar-refractivity contribution in [1.29, 1.82) is 0 Å². The van der Waals surface area contributed by atoms with Crippen LogP contribution in [0, 0.1) is 5.21 Å². The first kappa shape index (κ1) is 8.36. The molecule has 12 heavy (non-hydrogen) atoms. The molecule has 0 spiro atoms. The van der Waals surface area contributed by atoms with Gasteiger partial charge in [-0.05, 0) is 0 Å². The van der Waals surface area contributed by atoms with Gasteiger partial charge in [-0.15, -0.1) is 5.39 Å². The molecule has 2 heterocycles. The molecule has 0 bridgehead atoms. The quantitative estimate of drug-likeness (QED) is 0.399. The van der Waals surface area contributed by atoms with E-state index in [1.807, 2.05) is 0 Å². The number of nitrogens with zero attached hydrogens (tertiary/aromatic N) is 1. The number of epoxide rings is 2. The van der Waals surface area contributed by atoms with Gasteiger partial charge in [0, 0.05) is 0 Å². The molecule has 0 N–H and O–H groups in total. The van der Waals surface area contributed by atoms with E-state index in [1.54, 1.807) is 0 Å². The summed E-state index contributed by atoms with van der Waals surface area (Å²) in [6.45, 7) is 1.85. The van der Waals surface area contributed by atoms with Crippen LogP contribution < -0.4 is 0 Å². The van der Waals surface area contributed by atoms with Crippen molar-refractivity contribution in [2.24, 2.45) is 0 Å². The topological polar surface area (TPSA) is 69.8 Å². The van der Waals surface area contributed by atoms with E-state index in [2.05, 4.69) is 9.68 Å². The Morgan fingerprint density at radius 1 is 1.17 bits per heavy atom. The lowest BCUT2D eigenvalue weighted by Gasteiger charge is -2.24. The zero-order chi connectivity index (χ0) is 8.39. The van der Waals surface area contributed by atoms with Gasteiger partial charge < -0.3 is 14.7 Å². The van der Waals surface area contributed by atoms with Gasteiger partial charge in [0.15, 0.2) is 0 Å². The molecular weight excluding hydrogens is 166 g/mol. The summed E-state index contributed by atoms with van der Waals surface area (Å²) in [6.07, 6.45) is 0.143. The summed E-state index contributed by atoms with van der Waals surface area (Å²) in [5.41, 5.74) is 0. The number of rotatable bonds is 6. The molecule has 70 valence electrons. The molecule has 2 fully saturated rings. The van der Waals surface area contributed by atoms with E-state index in [-0.39, 0.29) is 30.8 Å². The third-order valence-electron chi connectivity index (χ3n) is 1.54. The zero-order valence-electron chi connectivity index (χ0n) is 6.47. The summed E-state index contributed by atoms with van der Waals surface area (Å²) in [7, 11) is 0. The molecule has 0 aromatic carbocycles. The van der Waals surface area contributed by atoms with E-state index in [0.29, 0.717) is 13.2 Å². The zero-order valence-corrected chi connectivity index (χ0v) is 6.47. The number of hydrogen-bond donors (Lipinski definition) is 0. The predicted octanol–water partition coefficient (Wildman–Crippen LogP) is -0.553. The van der Waals surface area contributed by atoms with E-state index in [9.17, 15) is 5.21 Å². The second-order valence-corrected chi connectivity index (χ2v) is 2.73. The molecule has 6 heteroatoms. The van der Waals surface area contributed by atoms with Crippen molar-refractivity contribution >= 4 is 0 Å². The van der Waals surface area contributed by atoms with Crippen LogP contribution in [0.15, 0.2) is 0 Å². The first-order chi connectivity index (χ1) is 5.84. The molecule has 2 rings (SSSR count). The summed E-state index contributed by atoms with van der Waals surface area (Å²) in [5, 5.41) is 10.8. The monoisotopic (exact) mass is 176 g/mol. The van der Waals surface area contributed by atoms with Crippen molar-refractivity contribution in [3.8, 4) is 0 Å². The third-order valence-corrected chi connectivity index (χ3v) is 1.54. The van der Waals surface area contributed by atoms with Gasteiger partial charge in [0.1, 0.15) is 12.2 Å². The Kier molecular flexibility index (Phi) is 2.54. The summed E-state index contributed by atoms with van der Waals surface area (Å²) in [4.78, 5) is 9.24. The van der Waals surface area contributed by atoms with Crippen LogP contribution >= 0.6 is 0 Å². The minimum Gasteiger partial charge on any atom is -0.738 e. The maximum Gasteiger partial charge on any atom is 0.106 e. The molecule has 0 radical (unpaired) electrons. The molecule has 0 aromatic rings. The van der Waals surface area contributed by atoms with Crippen LogP contribution in [-0.4, -0.2) is 44.0 Å². The van der Waals surface area contributed by atoms with Gasteiger partial charge >= 0.3 is 0 Å². The highest BCUT2D eigenvalue weighted by molar-refractivity contribution is 4.67.